The third-order valence-electron chi connectivity index (χ3n) is 5.78. The number of hydrogen-bond donors (Lipinski definition) is 2. The van der Waals surface area contributed by atoms with Crippen molar-refractivity contribution < 1.29 is 4.74 Å². The summed E-state index contributed by atoms with van der Waals surface area (Å²) in [6.07, 6.45) is 3.10. The summed E-state index contributed by atoms with van der Waals surface area (Å²) in [4.78, 5) is 3.36. The molecule has 0 unspecified atom stereocenters. The van der Waals surface area contributed by atoms with Crippen LogP contribution in [-0.4, -0.2) is 11.5 Å². The number of H-pyrrole nitrogens is 1. The van der Waals surface area contributed by atoms with Crippen molar-refractivity contribution in [3.05, 3.63) is 114 Å². The molecule has 0 atom stereocenters. The van der Waals surface area contributed by atoms with Gasteiger partial charge in [-0.05, 0) is 47.0 Å². The molecule has 3 heteroatoms. The van der Waals surface area contributed by atoms with Crippen LogP contribution in [0.15, 0.2) is 97.2 Å². The van der Waals surface area contributed by atoms with Gasteiger partial charge in [0.15, 0.2) is 0 Å². The van der Waals surface area contributed by atoms with Crippen LogP contribution in [0.5, 0.6) is 5.75 Å². The summed E-state index contributed by atoms with van der Waals surface area (Å²) >= 11 is 0. The van der Waals surface area contributed by atoms with E-state index in [1.54, 1.807) is 0 Å². The maximum atomic E-state index is 6.25. The molecule has 0 radical (unpaired) electrons. The maximum Gasteiger partial charge on any atom is 0.124 e. The van der Waals surface area contributed by atoms with Gasteiger partial charge in [0.1, 0.15) is 12.4 Å². The molecular formula is C28H26N2O. The number of benzene rings is 4. The zero-order chi connectivity index (χ0) is 20.9. The van der Waals surface area contributed by atoms with E-state index in [-0.39, 0.29) is 0 Å². The summed E-state index contributed by atoms with van der Waals surface area (Å²) in [5.41, 5.74) is 4.94. The Labute approximate surface area is 182 Å². The van der Waals surface area contributed by atoms with Crippen LogP contribution in [0.2, 0.25) is 0 Å². The van der Waals surface area contributed by atoms with Crippen molar-refractivity contribution in [2.75, 3.05) is 6.54 Å². The lowest BCUT2D eigenvalue weighted by Gasteiger charge is -2.15. The number of aromatic nitrogens is 1. The van der Waals surface area contributed by atoms with Crippen molar-refractivity contribution in [1.29, 1.82) is 0 Å². The fourth-order valence-corrected chi connectivity index (χ4v) is 4.14. The average Bonchev–Trinajstić information content (AvgIpc) is 3.24. The predicted molar refractivity (Wildman–Crippen MR) is 128 cm³/mol. The maximum absolute atomic E-state index is 6.25. The molecule has 5 rings (SSSR count). The van der Waals surface area contributed by atoms with E-state index in [4.69, 9.17) is 4.74 Å². The number of aromatic amines is 1. The molecule has 31 heavy (non-hydrogen) atoms. The highest BCUT2D eigenvalue weighted by Crippen LogP contribution is 2.29. The minimum Gasteiger partial charge on any atom is -0.489 e. The van der Waals surface area contributed by atoms with Crippen molar-refractivity contribution in [2.45, 2.75) is 19.6 Å². The number of ether oxygens (including phenoxy) is 1. The first-order valence-corrected chi connectivity index (χ1v) is 10.8. The minimum absolute atomic E-state index is 0.571. The molecule has 0 aliphatic heterocycles. The zero-order valence-corrected chi connectivity index (χ0v) is 17.5. The second-order valence-electron chi connectivity index (χ2n) is 7.82. The summed E-state index contributed by atoms with van der Waals surface area (Å²) < 4.78 is 6.25. The van der Waals surface area contributed by atoms with E-state index >= 15 is 0 Å². The van der Waals surface area contributed by atoms with Gasteiger partial charge in [-0.1, -0.05) is 78.9 Å². The molecule has 0 bridgehead atoms. The third kappa shape index (κ3) is 4.32. The zero-order valence-electron chi connectivity index (χ0n) is 17.5. The lowest BCUT2D eigenvalue weighted by atomic mass is 10.0. The molecule has 3 nitrogen and oxygen atoms in total. The lowest BCUT2D eigenvalue weighted by molar-refractivity contribution is 0.303. The second kappa shape index (κ2) is 9.07. The molecule has 1 heterocycles. The Bertz CT molecular complexity index is 1290. The first kappa shape index (κ1) is 19.4. The molecule has 0 aliphatic carbocycles. The summed E-state index contributed by atoms with van der Waals surface area (Å²) in [6.45, 7) is 2.25. The van der Waals surface area contributed by atoms with E-state index in [1.807, 2.05) is 18.2 Å². The smallest absolute Gasteiger partial charge is 0.124 e. The highest BCUT2D eigenvalue weighted by molar-refractivity contribution is 5.87. The van der Waals surface area contributed by atoms with Crippen molar-refractivity contribution in [1.82, 2.24) is 10.3 Å². The fraction of sp³-hybridized carbons (Fsp3) is 0.143. The molecule has 2 N–H and O–H groups in total. The molecule has 4 aromatic carbocycles. The number of nitrogens with one attached hydrogen (secondary N) is 2. The Morgan fingerprint density at radius 1 is 0.742 bits per heavy atom. The third-order valence-corrected chi connectivity index (χ3v) is 5.78. The topological polar surface area (TPSA) is 37.0 Å². The normalized spacial score (nSPS) is 11.2. The molecule has 0 amide bonds. The van der Waals surface area contributed by atoms with Gasteiger partial charge in [0.2, 0.25) is 0 Å². The number of fused-ring (bicyclic) bond motifs is 2. The van der Waals surface area contributed by atoms with Gasteiger partial charge in [0, 0.05) is 29.2 Å². The first-order chi connectivity index (χ1) is 15.4. The minimum atomic E-state index is 0.571. The Morgan fingerprint density at radius 3 is 2.42 bits per heavy atom. The number of hydrogen-bond acceptors (Lipinski definition) is 2. The van der Waals surface area contributed by atoms with Gasteiger partial charge >= 0.3 is 0 Å². The van der Waals surface area contributed by atoms with Crippen LogP contribution >= 0.6 is 0 Å². The number of rotatable bonds is 8. The van der Waals surface area contributed by atoms with Crippen molar-refractivity contribution in [3.63, 3.8) is 0 Å². The Kier molecular flexibility index (Phi) is 5.68. The van der Waals surface area contributed by atoms with Gasteiger partial charge in [-0.3, -0.25) is 0 Å². The van der Waals surface area contributed by atoms with E-state index in [2.05, 4.69) is 89.3 Å². The van der Waals surface area contributed by atoms with Gasteiger partial charge in [-0.2, -0.15) is 0 Å². The van der Waals surface area contributed by atoms with E-state index in [1.165, 1.54) is 38.4 Å². The van der Waals surface area contributed by atoms with Gasteiger partial charge in [0.05, 0.1) is 0 Å². The average molecular weight is 407 g/mol. The Hall–Kier alpha value is -3.56. The Morgan fingerprint density at radius 2 is 1.52 bits per heavy atom. The van der Waals surface area contributed by atoms with Gasteiger partial charge in [0.25, 0.3) is 0 Å². The van der Waals surface area contributed by atoms with E-state index < -0.39 is 0 Å². The standard InChI is InChI=1S/C28H26N2O/c1-2-8-21(9-3-1)20-31-28-15-14-22-10-4-5-11-24(22)26(28)19-29-17-16-23-18-30-27-13-7-6-12-25(23)27/h1-15,18,29-30H,16-17,19-20H2. The Balaban J connectivity index is 1.31. The molecule has 0 saturated carbocycles. The molecule has 0 saturated heterocycles. The molecule has 1 aromatic heterocycles. The van der Waals surface area contributed by atoms with E-state index in [0.717, 1.165) is 25.3 Å². The molecular weight excluding hydrogens is 380 g/mol. The largest absolute Gasteiger partial charge is 0.489 e. The van der Waals surface area contributed by atoms with Crippen LogP contribution < -0.4 is 10.1 Å². The second-order valence-corrected chi connectivity index (χ2v) is 7.82. The summed E-state index contributed by atoms with van der Waals surface area (Å²) in [5.74, 6) is 0.946. The molecule has 0 fully saturated rings. The van der Waals surface area contributed by atoms with Gasteiger partial charge in [-0.15, -0.1) is 0 Å². The summed E-state index contributed by atoms with van der Waals surface area (Å²) in [7, 11) is 0. The lowest BCUT2D eigenvalue weighted by Crippen LogP contribution is -2.17. The molecule has 0 spiro atoms. The molecule has 0 aliphatic rings. The van der Waals surface area contributed by atoms with Crippen LogP contribution in [0.3, 0.4) is 0 Å². The fourth-order valence-electron chi connectivity index (χ4n) is 4.14. The van der Waals surface area contributed by atoms with E-state index in [0.29, 0.717) is 6.61 Å². The summed E-state index contributed by atoms with van der Waals surface area (Å²) in [6, 6.07) is 31.6. The van der Waals surface area contributed by atoms with Crippen LogP contribution in [0.4, 0.5) is 0 Å². The van der Waals surface area contributed by atoms with Crippen LogP contribution in [0, 0.1) is 0 Å². The van der Waals surface area contributed by atoms with Gasteiger partial charge in [-0.25, -0.2) is 0 Å². The highest BCUT2D eigenvalue weighted by Gasteiger charge is 2.10. The van der Waals surface area contributed by atoms with Gasteiger partial charge < -0.3 is 15.0 Å². The van der Waals surface area contributed by atoms with Crippen molar-refractivity contribution in [3.8, 4) is 5.75 Å². The monoisotopic (exact) mass is 406 g/mol. The SMILES string of the molecule is c1ccc(COc2ccc3ccccc3c2CNCCc2c[nH]c3ccccc23)cc1. The molecule has 154 valence electrons. The van der Waals surface area contributed by atoms with Crippen molar-refractivity contribution >= 4 is 21.7 Å². The van der Waals surface area contributed by atoms with Crippen LogP contribution in [0.1, 0.15) is 16.7 Å². The van der Waals surface area contributed by atoms with E-state index in [9.17, 15) is 0 Å². The van der Waals surface area contributed by atoms with Crippen LogP contribution in [0.25, 0.3) is 21.7 Å². The first-order valence-electron chi connectivity index (χ1n) is 10.8. The summed E-state index contributed by atoms with van der Waals surface area (Å²) in [5, 5.41) is 7.43. The number of para-hydroxylation sites is 1. The predicted octanol–water partition coefficient (Wildman–Crippen LogP) is 6.23. The molecule has 5 aromatic rings. The quantitative estimate of drug-likeness (QED) is 0.300. The van der Waals surface area contributed by atoms with Crippen molar-refractivity contribution in [2.24, 2.45) is 0 Å². The highest BCUT2D eigenvalue weighted by atomic mass is 16.5. The van der Waals surface area contributed by atoms with Crippen LogP contribution in [-0.2, 0) is 19.6 Å².